The van der Waals surface area contributed by atoms with Crippen molar-refractivity contribution >= 4 is 35.1 Å². The summed E-state index contributed by atoms with van der Waals surface area (Å²) in [5.41, 5.74) is 1.50. The van der Waals surface area contributed by atoms with Crippen LogP contribution in [0.15, 0.2) is 48.5 Å². The molecule has 23 heavy (non-hydrogen) atoms. The van der Waals surface area contributed by atoms with Gasteiger partial charge in [0.1, 0.15) is 0 Å². The van der Waals surface area contributed by atoms with Gasteiger partial charge in [-0.1, -0.05) is 47.5 Å². The van der Waals surface area contributed by atoms with Crippen molar-refractivity contribution in [3.63, 3.8) is 0 Å². The van der Waals surface area contributed by atoms with E-state index in [2.05, 4.69) is 5.32 Å². The lowest BCUT2D eigenvalue weighted by Crippen LogP contribution is -2.31. The van der Waals surface area contributed by atoms with Gasteiger partial charge >= 0.3 is 5.97 Å². The molecule has 1 unspecified atom stereocenters. The van der Waals surface area contributed by atoms with Gasteiger partial charge in [0.2, 0.25) is 5.91 Å². The molecule has 1 atom stereocenters. The number of carboxylic acid groups (broad SMARTS) is 1. The van der Waals surface area contributed by atoms with Gasteiger partial charge < -0.3 is 10.4 Å². The maximum absolute atomic E-state index is 12.2. The molecule has 2 rings (SSSR count). The van der Waals surface area contributed by atoms with E-state index in [-0.39, 0.29) is 18.7 Å². The van der Waals surface area contributed by atoms with Crippen LogP contribution in [-0.4, -0.2) is 17.0 Å². The van der Waals surface area contributed by atoms with Gasteiger partial charge in [0.15, 0.2) is 0 Å². The van der Waals surface area contributed by atoms with E-state index in [0.29, 0.717) is 15.6 Å². The zero-order valence-electron chi connectivity index (χ0n) is 12.1. The average Bonchev–Trinajstić information content (AvgIpc) is 2.49. The Morgan fingerprint density at radius 2 is 1.48 bits per heavy atom. The third-order valence-electron chi connectivity index (χ3n) is 3.26. The maximum Gasteiger partial charge on any atom is 0.305 e. The number of carbonyl (C=O) groups excluding carboxylic acids is 1. The molecular formula is C17H15Cl2NO3. The zero-order valence-corrected chi connectivity index (χ0v) is 13.6. The molecule has 4 nitrogen and oxygen atoms in total. The van der Waals surface area contributed by atoms with Crippen molar-refractivity contribution in [2.24, 2.45) is 0 Å². The Bertz CT molecular complexity index is 684. The Balaban J connectivity index is 2.07. The van der Waals surface area contributed by atoms with Crippen molar-refractivity contribution in [1.82, 2.24) is 5.32 Å². The molecule has 2 N–H and O–H groups in total. The van der Waals surface area contributed by atoms with Crippen molar-refractivity contribution in [1.29, 1.82) is 0 Å². The van der Waals surface area contributed by atoms with E-state index in [4.69, 9.17) is 28.3 Å². The molecule has 0 heterocycles. The number of aliphatic carboxylic acids is 1. The lowest BCUT2D eigenvalue weighted by atomic mass is 10.0. The molecule has 0 radical (unpaired) electrons. The quantitative estimate of drug-likeness (QED) is 0.829. The summed E-state index contributed by atoms with van der Waals surface area (Å²) in [6.45, 7) is 0. The number of nitrogens with one attached hydrogen (secondary N) is 1. The van der Waals surface area contributed by atoms with Crippen LogP contribution in [0.3, 0.4) is 0 Å². The fourth-order valence-corrected chi connectivity index (χ4v) is 2.41. The first-order valence-electron chi connectivity index (χ1n) is 6.95. The fraction of sp³-hybridized carbons (Fsp3) is 0.176. The second-order valence-corrected chi connectivity index (χ2v) is 5.95. The van der Waals surface area contributed by atoms with Gasteiger partial charge in [-0.15, -0.1) is 0 Å². The van der Waals surface area contributed by atoms with E-state index in [1.165, 1.54) is 0 Å². The van der Waals surface area contributed by atoms with Crippen LogP contribution >= 0.6 is 23.2 Å². The number of carboxylic acids is 1. The number of hydrogen-bond donors (Lipinski definition) is 2. The molecule has 120 valence electrons. The predicted molar refractivity (Wildman–Crippen MR) is 89.7 cm³/mol. The van der Waals surface area contributed by atoms with Gasteiger partial charge in [-0.25, -0.2) is 0 Å². The topological polar surface area (TPSA) is 66.4 Å². The zero-order chi connectivity index (χ0) is 16.8. The van der Waals surface area contributed by atoms with Gasteiger partial charge in [0, 0.05) is 10.0 Å². The Morgan fingerprint density at radius 1 is 0.957 bits per heavy atom. The van der Waals surface area contributed by atoms with Crippen LogP contribution in [0.5, 0.6) is 0 Å². The second kappa shape index (κ2) is 7.99. The van der Waals surface area contributed by atoms with Crippen LogP contribution in [0.25, 0.3) is 0 Å². The maximum atomic E-state index is 12.2. The van der Waals surface area contributed by atoms with Crippen LogP contribution in [0.4, 0.5) is 0 Å². The average molecular weight is 352 g/mol. The Kier molecular flexibility index (Phi) is 6.02. The summed E-state index contributed by atoms with van der Waals surface area (Å²) in [6, 6.07) is 13.1. The second-order valence-electron chi connectivity index (χ2n) is 5.07. The van der Waals surface area contributed by atoms with Gasteiger partial charge in [-0.05, 0) is 35.4 Å². The minimum Gasteiger partial charge on any atom is -0.481 e. The molecular weight excluding hydrogens is 337 g/mol. The lowest BCUT2D eigenvalue weighted by Gasteiger charge is -2.17. The van der Waals surface area contributed by atoms with Crippen LogP contribution in [-0.2, 0) is 16.0 Å². The normalized spacial score (nSPS) is 11.7. The summed E-state index contributed by atoms with van der Waals surface area (Å²) < 4.78 is 0. The third-order valence-corrected chi connectivity index (χ3v) is 3.77. The van der Waals surface area contributed by atoms with Crippen molar-refractivity contribution in [2.45, 2.75) is 18.9 Å². The monoisotopic (exact) mass is 351 g/mol. The molecule has 1 amide bonds. The van der Waals surface area contributed by atoms with E-state index >= 15 is 0 Å². The SMILES string of the molecule is O=C(O)CC(NC(=O)Cc1ccc(Cl)cc1)c1ccc(Cl)cc1. The first kappa shape index (κ1) is 17.3. The van der Waals surface area contributed by atoms with E-state index in [0.717, 1.165) is 5.56 Å². The number of carbonyl (C=O) groups is 2. The van der Waals surface area contributed by atoms with Crippen molar-refractivity contribution in [3.05, 3.63) is 69.7 Å². The summed E-state index contributed by atoms with van der Waals surface area (Å²) >= 11 is 11.6. The highest BCUT2D eigenvalue weighted by molar-refractivity contribution is 6.30. The number of hydrogen-bond acceptors (Lipinski definition) is 2. The summed E-state index contributed by atoms with van der Waals surface area (Å²) in [4.78, 5) is 23.2. The molecule has 0 saturated carbocycles. The van der Waals surface area contributed by atoms with Crippen molar-refractivity contribution in [3.8, 4) is 0 Å². The Morgan fingerprint density at radius 3 is 2.00 bits per heavy atom. The molecule has 0 spiro atoms. The first-order valence-corrected chi connectivity index (χ1v) is 7.70. The number of benzene rings is 2. The summed E-state index contributed by atoms with van der Waals surface area (Å²) in [7, 11) is 0. The van der Waals surface area contributed by atoms with E-state index in [1.54, 1.807) is 48.5 Å². The van der Waals surface area contributed by atoms with Gasteiger partial charge in [-0.3, -0.25) is 9.59 Å². The van der Waals surface area contributed by atoms with Gasteiger partial charge in [0.05, 0.1) is 18.9 Å². The highest BCUT2D eigenvalue weighted by Crippen LogP contribution is 2.20. The number of amides is 1. The number of halogens is 2. The Hall–Kier alpha value is -2.04. The predicted octanol–water partition coefficient (Wildman–Crippen LogP) is 3.87. The lowest BCUT2D eigenvalue weighted by molar-refractivity contribution is -0.137. The molecule has 6 heteroatoms. The smallest absolute Gasteiger partial charge is 0.305 e. The first-order chi connectivity index (χ1) is 10.9. The number of rotatable bonds is 6. The van der Waals surface area contributed by atoms with E-state index in [1.807, 2.05) is 0 Å². The minimum absolute atomic E-state index is 0.154. The highest BCUT2D eigenvalue weighted by Gasteiger charge is 2.18. The molecule has 0 aliphatic heterocycles. The highest BCUT2D eigenvalue weighted by atomic mass is 35.5. The van der Waals surface area contributed by atoms with Gasteiger partial charge in [0.25, 0.3) is 0 Å². The third kappa shape index (κ3) is 5.58. The molecule has 0 aliphatic carbocycles. The van der Waals surface area contributed by atoms with E-state index in [9.17, 15) is 9.59 Å². The molecule has 0 aromatic heterocycles. The van der Waals surface area contributed by atoms with Gasteiger partial charge in [-0.2, -0.15) is 0 Å². The van der Waals surface area contributed by atoms with Crippen LogP contribution in [0.2, 0.25) is 10.0 Å². The van der Waals surface area contributed by atoms with Crippen LogP contribution < -0.4 is 5.32 Å². The molecule has 0 bridgehead atoms. The summed E-state index contributed by atoms with van der Waals surface area (Å²) in [5.74, 6) is -1.25. The van der Waals surface area contributed by atoms with Crippen LogP contribution in [0.1, 0.15) is 23.6 Å². The molecule has 0 aliphatic rings. The van der Waals surface area contributed by atoms with Crippen molar-refractivity contribution < 1.29 is 14.7 Å². The summed E-state index contributed by atoms with van der Waals surface area (Å²) in [5, 5.41) is 12.9. The Labute approximate surface area is 144 Å². The largest absolute Gasteiger partial charge is 0.481 e. The standard InChI is InChI=1S/C17H15Cl2NO3/c18-13-5-1-11(2-6-13)9-16(21)20-15(10-17(22)23)12-3-7-14(19)8-4-12/h1-8,15H,9-10H2,(H,20,21)(H,22,23). The molecule has 0 saturated heterocycles. The summed E-state index contributed by atoms with van der Waals surface area (Å²) in [6.07, 6.45) is -0.0468. The molecule has 0 fully saturated rings. The van der Waals surface area contributed by atoms with Crippen molar-refractivity contribution in [2.75, 3.05) is 0 Å². The van der Waals surface area contributed by atoms with E-state index < -0.39 is 12.0 Å². The molecule has 2 aromatic carbocycles. The van der Waals surface area contributed by atoms with Crippen LogP contribution in [0, 0.1) is 0 Å². The fourth-order valence-electron chi connectivity index (χ4n) is 2.15. The minimum atomic E-state index is -0.989. The molecule has 2 aromatic rings.